The van der Waals surface area contributed by atoms with Gasteiger partial charge in [0.05, 0.1) is 16.3 Å². The molecule has 4 aromatic rings. The molecular formula is C18H14ClF3N8S. The second kappa shape index (κ2) is 8.19. The number of benzene rings is 1. The van der Waals surface area contributed by atoms with E-state index in [1.165, 1.54) is 4.40 Å². The number of anilines is 3. The number of nitrogen functional groups attached to an aromatic ring is 1. The Morgan fingerprint density at radius 3 is 2.68 bits per heavy atom. The second-order valence-electron chi connectivity index (χ2n) is 6.41. The predicted octanol–water partition coefficient (Wildman–Crippen LogP) is 4.51. The fourth-order valence-electron chi connectivity index (χ4n) is 2.71. The zero-order chi connectivity index (χ0) is 22.2. The van der Waals surface area contributed by atoms with Gasteiger partial charge in [-0.15, -0.1) is 10.2 Å². The number of hydrogen-bond acceptors (Lipinski definition) is 8. The van der Waals surface area contributed by atoms with Gasteiger partial charge >= 0.3 is 6.18 Å². The Kier molecular flexibility index (Phi) is 5.58. The highest BCUT2D eigenvalue weighted by atomic mass is 35.5. The fraction of sp³-hybridized carbons (Fsp3) is 0.167. The molecule has 0 unspecified atom stereocenters. The van der Waals surface area contributed by atoms with Crippen LogP contribution in [0.1, 0.15) is 17.0 Å². The molecule has 160 valence electrons. The summed E-state index contributed by atoms with van der Waals surface area (Å²) in [6.07, 6.45) is -3.65. The van der Waals surface area contributed by atoms with Crippen molar-refractivity contribution in [2.75, 3.05) is 11.1 Å². The number of nitrogens with zero attached hydrogens (tertiary/aromatic N) is 6. The number of hydrogen-bond donors (Lipinski definition) is 2. The fourth-order valence-corrected chi connectivity index (χ4v) is 3.72. The van der Waals surface area contributed by atoms with E-state index in [-0.39, 0.29) is 33.5 Å². The summed E-state index contributed by atoms with van der Waals surface area (Å²) in [6, 6.07) is 8.39. The molecule has 0 saturated carbocycles. The van der Waals surface area contributed by atoms with Crippen molar-refractivity contribution in [2.24, 2.45) is 0 Å². The summed E-state index contributed by atoms with van der Waals surface area (Å²) >= 11 is 7.03. The highest BCUT2D eigenvalue weighted by Crippen LogP contribution is 2.33. The number of aryl methyl sites for hydroxylation is 1. The van der Waals surface area contributed by atoms with Gasteiger partial charge in [-0.25, -0.2) is 0 Å². The van der Waals surface area contributed by atoms with E-state index in [9.17, 15) is 13.2 Å². The van der Waals surface area contributed by atoms with Crippen LogP contribution < -0.4 is 11.1 Å². The van der Waals surface area contributed by atoms with E-state index < -0.39 is 11.7 Å². The van der Waals surface area contributed by atoms with E-state index in [1.807, 2.05) is 31.2 Å². The molecule has 3 N–H and O–H groups in total. The normalized spacial score (nSPS) is 11.8. The standard InChI is InChI=1S/C18H14ClF3N8S/c1-9-4-2-3-5-12(9)24-16-26-13(25-15(23)27-16)8-31-17-29-28-14-11(19)6-10(7-30(14)17)18(20,21)22/h2-7H,8H2,1H3,(H3,23,24,25,26,27). The minimum absolute atomic E-state index is 0.00943. The van der Waals surface area contributed by atoms with Gasteiger partial charge in [-0.2, -0.15) is 28.1 Å². The van der Waals surface area contributed by atoms with E-state index in [0.717, 1.165) is 35.3 Å². The molecule has 3 aromatic heterocycles. The maximum Gasteiger partial charge on any atom is 0.417 e. The van der Waals surface area contributed by atoms with Crippen molar-refractivity contribution >= 4 is 46.6 Å². The van der Waals surface area contributed by atoms with Gasteiger partial charge in [0.25, 0.3) is 0 Å². The Morgan fingerprint density at radius 1 is 1.16 bits per heavy atom. The van der Waals surface area contributed by atoms with Gasteiger partial charge in [-0.05, 0) is 24.6 Å². The topological polar surface area (TPSA) is 107 Å². The SMILES string of the molecule is Cc1ccccc1Nc1nc(N)nc(CSc2nnc3c(Cl)cc(C(F)(F)F)cn23)n1. The van der Waals surface area contributed by atoms with E-state index in [0.29, 0.717) is 5.82 Å². The minimum Gasteiger partial charge on any atom is -0.368 e. The quantitative estimate of drug-likeness (QED) is 0.414. The first-order chi connectivity index (χ1) is 14.7. The molecule has 0 aliphatic heterocycles. The zero-order valence-electron chi connectivity index (χ0n) is 15.9. The number of thioether (sulfide) groups is 1. The van der Waals surface area contributed by atoms with Gasteiger partial charge in [0.1, 0.15) is 5.82 Å². The predicted molar refractivity (Wildman–Crippen MR) is 111 cm³/mol. The van der Waals surface area contributed by atoms with Crippen LogP contribution in [0, 0.1) is 6.92 Å². The first kappa shape index (κ1) is 21.1. The van der Waals surface area contributed by atoms with Crippen LogP contribution in [-0.4, -0.2) is 29.5 Å². The van der Waals surface area contributed by atoms with Crippen LogP contribution >= 0.6 is 23.4 Å². The van der Waals surface area contributed by atoms with Gasteiger partial charge in [-0.1, -0.05) is 41.6 Å². The first-order valence-corrected chi connectivity index (χ1v) is 10.1. The molecule has 4 rings (SSSR count). The van der Waals surface area contributed by atoms with Crippen LogP contribution in [0.2, 0.25) is 5.02 Å². The molecule has 8 nitrogen and oxygen atoms in total. The average molecular weight is 467 g/mol. The third kappa shape index (κ3) is 4.64. The van der Waals surface area contributed by atoms with Crippen molar-refractivity contribution in [3.05, 3.63) is 58.5 Å². The lowest BCUT2D eigenvalue weighted by atomic mass is 10.2. The number of alkyl halides is 3. The summed E-state index contributed by atoms with van der Waals surface area (Å²) in [7, 11) is 0. The van der Waals surface area contributed by atoms with Gasteiger partial charge in [0.15, 0.2) is 10.8 Å². The average Bonchev–Trinajstić information content (AvgIpc) is 3.11. The number of nitrogens with one attached hydrogen (secondary N) is 1. The summed E-state index contributed by atoms with van der Waals surface area (Å²) in [5.74, 6) is 0.758. The summed E-state index contributed by atoms with van der Waals surface area (Å²) in [5, 5.41) is 10.9. The van der Waals surface area contributed by atoms with Crippen LogP contribution in [0.5, 0.6) is 0 Å². The van der Waals surface area contributed by atoms with Crippen LogP contribution in [0.3, 0.4) is 0 Å². The van der Waals surface area contributed by atoms with Gasteiger partial charge in [-0.3, -0.25) is 4.40 Å². The highest BCUT2D eigenvalue weighted by Gasteiger charge is 2.32. The summed E-state index contributed by atoms with van der Waals surface area (Å²) in [6.45, 7) is 1.93. The molecule has 0 aliphatic carbocycles. The molecule has 3 heterocycles. The molecule has 13 heteroatoms. The van der Waals surface area contributed by atoms with E-state index in [1.54, 1.807) is 0 Å². The Hall–Kier alpha value is -3.12. The smallest absolute Gasteiger partial charge is 0.368 e. The Balaban J connectivity index is 1.58. The summed E-state index contributed by atoms with van der Waals surface area (Å²) in [5.41, 5.74) is 6.81. The van der Waals surface area contributed by atoms with E-state index >= 15 is 0 Å². The molecule has 0 radical (unpaired) electrons. The Morgan fingerprint density at radius 2 is 1.94 bits per heavy atom. The number of halogens is 4. The molecule has 0 saturated heterocycles. The number of para-hydroxylation sites is 1. The first-order valence-electron chi connectivity index (χ1n) is 8.78. The Labute approximate surface area is 183 Å². The van der Waals surface area contributed by atoms with Crippen molar-refractivity contribution in [3.8, 4) is 0 Å². The monoisotopic (exact) mass is 466 g/mol. The van der Waals surface area contributed by atoms with E-state index in [4.69, 9.17) is 17.3 Å². The number of aromatic nitrogens is 6. The number of nitrogens with two attached hydrogens (primary N) is 1. The lowest BCUT2D eigenvalue weighted by Gasteiger charge is -2.10. The van der Waals surface area contributed by atoms with Crippen molar-refractivity contribution in [1.82, 2.24) is 29.5 Å². The molecule has 31 heavy (non-hydrogen) atoms. The van der Waals surface area contributed by atoms with Gasteiger partial charge < -0.3 is 11.1 Å². The summed E-state index contributed by atoms with van der Waals surface area (Å²) < 4.78 is 40.5. The van der Waals surface area contributed by atoms with Crippen LogP contribution in [0.4, 0.5) is 30.8 Å². The summed E-state index contributed by atoms with van der Waals surface area (Å²) in [4.78, 5) is 12.5. The van der Waals surface area contributed by atoms with Crippen LogP contribution in [0.25, 0.3) is 5.65 Å². The lowest BCUT2D eigenvalue weighted by Crippen LogP contribution is -2.08. The highest BCUT2D eigenvalue weighted by molar-refractivity contribution is 7.98. The largest absolute Gasteiger partial charge is 0.417 e. The molecule has 0 fully saturated rings. The van der Waals surface area contributed by atoms with E-state index in [2.05, 4.69) is 30.5 Å². The van der Waals surface area contributed by atoms with Crippen LogP contribution in [0.15, 0.2) is 41.7 Å². The van der Waals surface area contributed by atoms with Gasteiger partial charge in [0, 0.05) is 11.9 Å². The maximum absolute atomic E-state index is 13.1. The lowest BCUT2D eigenvalue weighted by molar-refractivity contribution is -0.137. The number of pyridine rings is 1. The third-order valence-electron chi connectivity index (χ3n) is 4.18. The van der Waals surface area contributed by atoms with Crippen molar-refractivity contribution in [3.63, 3.8) is 0 Å². The van der Waals surface area contributed by atoms with Gasteiger partial charge in [0.2, 0.25) is 11.9 Å². The molecule has 0 bridgehead atoms. The number of fused-ring (bicyclic) bond motifs is 1. The van der Waals surface area contributed by atoms with Crippen molar-refractivity contribution < 1.29 is 13.2 Å². The molecule has 0 aliphatic rings. The molecule has 0 spiro atoms. The van der Waals surface area contributed by atoms with Crippen LogP contribution in [-0.2, 0) is 11.9 Å². The molecule has 1 aromatic carbocycles. The molecular weight excluding hydrogens is 453 g/mol. The second-order valence-corrected chi connectivity index (χ2v) is 7.76. The van der Waals surface area contributed by atoms with Crippen molar-refractivity contribution in [2.45, 2.75) is 24.0 Å². The minimum atomic E-state index is -4.55. The molecule has 0 atom stereocenters. The Bertz CT molecular complexity index is 1260. The van der Waals surface area contributed by atoms with Crippen molar-refractivity contribution in [1.29, 1.82) is 0 Å². The maximum atomic E-state index is 13.1. The third-order valence-corrected chi connectivity index (χ3v) is 5.39. The molecule has 0 amide bonds. The zero-order valence-corrected chi connectivity index (χ0v) is 17.4. The number of rotatable bonds is 5.